The standard InChI is InChI=1S/C14H21NO6/c1-12(7-9-5-3-2-4-6-9)14(15,20)11(18)10(17)13(19,8-16)21-12/h2-6,10-11,16-20H,7-8,15H2,1H3/t10-,11-,12?,13-,14-/m0/s1. The molecule has 118 valence electrons. The van der Waals surface area contributed by atoms with Gasteiger partial charge in [0.05, 0.1) is 6.61 Å². The molecule has 0 radical (unpaired) electrons. The molecule has 1 aliphatic heterocycles. The van der Waals surface area contributed by atoms with Gasteiger partial charge in [0.15, 0.2) is 5.72 Å². The molecule has 7 heteroatoms. The summed E-state index contributed by atoms with van der Waals surface area (Å²) in [5, 5.41) is 49.5. The molecule has 0 bridgehead atoms. The lowest BCUT2D eigenvalue weighted by Gasteiger charge is -2.55. The lowest BCUT2D eigenvalue weighted by molar-refractivity contribution is -0.405. The van der Waals surface area contributed by atoms with Crippen molar-refractivity contribution in [1.82, 2.24) is 0 Å². The maximum absolute atomic E-state index is 10.4. The van der Waals surface area contributed by atoms with E-state index < -0.39 is 35.9 Å². The lowest BCUT2D eigenvalue weighted by atomic mass is 9.76. The number of ether oxygens (including phenoxy) is 1. The van der Waals surface area contributed by atoms with Crippen LogP contribution in [0.1, 0.15) is 12.5 Å². The van der Waals surface area contributed by atoms with Crippen molar-refractivity contribution >= 4 is 0 Å². The maximum Gasteiger partial charge on any atom is 0.219 e. The van der Waals surface area contributed by atoms with E-state index in [9.17, 15) is 25.5 Å². The molecule has 7 N–H and O–H groups in total. The molecule has 1 aromatic carbocycles. The van der Waals surface area contributed by atoms with Crippen LogP contribution in [0.5, 0.6) is 0 Å². The van der Waals surface area contributed by atoms with Gasteiger partial charge in [-0.3, -0.25) is 5.73 Å². The summed E-state index contributed by atoms with van der Waals surface area (Å²) in [6.45, 7) is 0.446. The predicted molar refractivity (Wildman–Crippen MR) is 72.8 cm³/mol. The summed E-state index contributed by atoms with van der Waals surface area (Å²) in [6, 6.07) is 8.90. The molecule has 0 saturated carbocycles. The fraction of sp³-hybridized carbons (Fsp3) is 0.571. The summed E-state index contributed by atoms with van der Waals surface area (Å²) < 4.78 is 5.33. The maximum atomic E-state index is 10.4. The van der Waals surface area contributed by atoms with Crippen LogP contribution in [-0.4, -0.2) is 61.5 Å². The van der Waals surface area contributed by atoms with Crippen LogP contribution in [0.4, 0.5) is 0 Å². The van der Waals surface area contributed by atoms with Gasteiger partial charge in [0.1, 0.15) is 17.8 Å². The molecule has 1 fully saturated rings. The molecule has 1 heterocycles. The highest BCUT2D eigenvalue weighted by Gasteiger charge is 2.64. The molecule has 5 atom stereocenters. The van der Waals surface area contributed by atoms with Gasteiger partial charge in [-0.05, 0) is 12.5 Å². The van der Waals surface area contributed by atoms with Gasteiger partial charge >= 0.3 is 0 Å². The first-order valence-corrected chi connectivity index (χ1v) is 6.61. The molecule has 7 nitrogen and oxygen atoms in total. The van der Waals surface area contributed by atoms with Crippen molar-refractivity contribution in [2.75, 3.05) is 6.61 Å². The molecule has 0 amide bonds. The van der Waals surface area contributed by atoms with Gasteiger partial charge < -0.3 is 30.3 Å². The van der Waals surface area contributed by atoms with E-state index in [0.717, 1.165) is 5.56 Å². The third kappa shape index (κ3) is 2.58. The zero-order chi connectivity index (χ0) is 15.9. The van der Waals surface area contributed by atoms with Crippen molar-refractivity contribution < 1.29 is 30.3 Å². The fourth-order valence-electron chi connectivity index (χ4n) is 2.62. The first kappa shape index (κ1) is 16.3. The smallest absolute Gasteiger partial charge is 0.219 e. The highest BCUT2D eigenvalue weighted by molar-refractivity contribution is 5.21. The van der Waals surface area contributed by atoms with Gasteiger partial charge in [-0.25, -0.2) is 0 Å². The van der Waals surface area contributed by atoms with Crippen molar-refractivity contribution in [2.45, 2.75) is 42.7 Å². The van der Waals surface area contributed by atoms with E-state index in [0.29, 0.717) is 0 Å². The second-order valence-corrected chi connectivity index (χ2v) is 5.71. The second kappa shape index (κ2) is 5.29. The van der Waals surface area contributed by atoms with Gasteiger partial charge in [0, 0.05) is 6.42 Å². The summed E-state index contributed by atoms with van der Waals surface area (Å²) in [5.74, 6) is -2.41. The molecule has 1 saturated heterocycles. The first-order valence-electron chi connectivity index (χ1n) is 6.61. The van der Waals surface area contributed by atoms with Crippen molar-refractivity contribution in [3.8, 4) is 0 Å². The Morgan fingerprint density at radius 3 is 2.24 bits per heavy atom. The Balaban J connectivity index is 2.39. The van der Waals surface area contributed by atoms with Gasteiger partial charge in [-0.2, -0.15) is 0 Å². The Labute approximate surface area is 122 Å². The summed E-state index contributed by atoms with van der Waals surface area (Å²) in [4.78, 5) is 0. The molecule has 21 heavy (non-hydrogen) atoms. The Morgan fingerprint density at radius 1 is 1.14 bits per heavy atom. The molecule has 1 aliphatic rings. The molecule has 0 aromatic heterocycles. The lowest BCUT2D eigenvalue weighted by Crippen LogP contribution is -2.80. The highest BCUT2D eigenvalue weighted by Crippen LogP contribution is 2.40. The van der Waals surface area contributed by atoms with Crippen LogP contribution >= 0.6 is 0 Å². The Bertz CT molecular complexity index is 495. The SMILES string of the molecule is CC1(Cc2ccccc2)O[C@@](O)(CO)[C@@H](O)[C@H](O)[C@]1(N)O. The average molecular weight is 299 g/mol. The van der Waals surface area contributed by atoms with Gasteiger partial charge in [0.2, 0.25) is 5.79 Å². The Morgan fingerprint density at radius 2 is 1.71 bits per heavy atom. The van der Waals surface area contributed by atoms with Crippen molar-refractivity contribution in [3.05, 3.63) is 35.9 Å². The minimum atomic E-state index is -2.41. The number of hydrogen-bond acceptors (Lipinski definition) is 7. The molecule has 0 spiro atoms. The molecule has 1 unspecified atom stereocenters. The van der Waals surface area contributed by atoms with E-state index in [2.05, 4.69) is 0 Å². The highest BCUT2D eigenvalue weighted by atomic mass is 16.7. The number of aliphatic hydroxyl groups excluding tert-OH is 3. The molecule has 1 aromatic rings. The Hall–Kier alpha value is -1.06. The van der Waals surface area contributed by atoms with E-state index in [1.54, 1.807) is 24.3 Å². The van der Waals surface area contributed by atoms with Crippen LogP contribution < -0.4 is 5.73 Å². The fourth-order valence-corrected chi connectivity index (χ4v) is 2.62. The monoisotopic (exact) mass is 299 g/mol. The average Bonchev–Trinajstić information content (AvgIpc) is 2.45. The van der Waals surface area contributed by atoms with Crippen LogP contribution in [0.3, 0.4) is 0 Å². The molecule has 0 aliphatic carbocycles. The van der Waals surface area contributed by atoms with Gasteiger partial charge in [0.25, 0.3) is 0 Å². The van der Waals surface area contributed by atoms with Gasteiger partial charge in [-0.1, -0.05) is 30.3 Å². The molecular weight excluding hydrogens is 278 g/mol. The largest absolute Gasteiger partial charge is 0.391 e. The van der Waals surface area contributed by atoms with E-state index in [1.807, 2.05) is 6.07 Å². The normalized spacial score (nSPS) is 43.8. The minimum Gasteiger partial charge on any atom is -0.391 e. The Kier molecular flexibility index (Phi) is 4.11. The topological polar surface area (TPSA) is 136 Å². The second-order valence-electron chi connectivity index (χ2n) is 5.71. The zero-order valence-corrected chi connectivity index (χ0v) is 11.7. The first-order chi connectivity index (χ1) is 9.66. The van der Waals surface area contributed by atoms with Crippen LogP contribution in [0.2, 0.25) is 0 Å². The summed E-state index contributed by atoms with van der Waals surface area (Å²) >= 11 is 0. The van der Waals surface area contributed by atoms with E-state index >= 15 is 0 Å². The van der Waals surface area contributed by atoms with Crippen LogP contribution in [-0.2, 0) is 11.2 Å². The molecule has 2 rings (SSSR count). The number of aliphatic hydroxyl groups is 5. The third-order valence-electron chi connectivity index (χ3n) is 4.07. The van der Waals surface area contributed by atoms with Crippen molar-refractivity contribution in [1.29, 1.82) is 0 Å². The summed E-state index contributed by atoms with van der Waals surface area (Å²) in [7, 11) is 0. The quantitative estimate of drug-likeness (QED) is 0.358. The number of nitrogens with two attached hydrogens (primary N) is 1. The number of hydrogen-bond donors (Lipinski definition) is 6. The van der Waals surface area contributed by atoms with E-state index in [1.165, 1.54) is 6.92 Å². The van der Waals surface area contributed by atoms with E-state index in [4.69, 9.17) is 10.5 Å². The van der Waals surface area contributed by atoms with Crippen molar-refractivity contribution in [2.24, 2.45) is 5.73 Å². The van der Waals surface area contributed by atoms with Gasteiger partial charge in [-0.15, -0.1) is 0 Å². The van der Waals surface area contributed by atoms with Crippen LogP contribution in [0.15, 0.2) is 30.3 Å². The third-order valence-corrected chi connectivity index (χ3v) is 4.07. The van der Waals surface area contributed by atoms with Crippen LogP contribution in [0, 0.1) is 0 Å². The minimum absolute atomic E-state index is 0.0624. The van der Waals surface area contributed by atoms with Crippen molar-refractivity contribution in [3.63, 3.8) is 0 Å². The zero-order valence-electron chi connectivity index (χ0n) is 11.7. The van der Waals surface area contributed by atoms with E-state index in [-0.39, 0.29) is 6.42 Å². The summed E-state index contributed by atoms with van der Waals surface area (Å²) in [6.07, 6.45) is -3.77. The number of benzene rings is 1. The predicted octanol–water partition coefficient (Wildman–Crippen LogP) is -1.93. The van der Waals surface area contributed by atoms with Crippen LogP contribution in [0.25, 0.3) is 0 Å². The summed E-state index contributed by atoms with van der Waals surface area (Å²) in [5.41, 5.74) is 2.55. The molecular formula is C14H21NO6. The number of rotatable bonds is 3.